The molecule has 27 heavy (non-hydrogen) atoms. The van der Waals surface area contributed by atoms with Crippen molar-refractivity contribution in [1.82, 2.24) is 0 Å². The van der Waals surface area contributed by atoms with E-state index in [1.807, 2.05) is 13.8 Å². The predicted molar refractivity (Wildman–Crippen MR) is 92.5 cm³/mol. The van der Waals surface area contributed by atoms with Crippen LogP contribution < -0.4 is 5.63 Å². The summed E-state index contributed by atoms with van der Waals surface area (Å²) in [5.41, 5.74) is 0.260. The highest BCUT2D eigenvalue weighted by atomic mass is 19.4. The lowest BCUT2D eigenvalue weighted by Crippen LogP contribution is -2.15. The molecular weight excluding hydrogens is 361 g/mol. The van der Waals surface area contributed by atoms with E-state index in [-0.39, 0.29) is 6.61 Å². The van der Waals surface area contributed by atoms with Gasteiger partial charge in [-0.2, -0.15) is 13.2 Å². The molecule has 4 nitrogen and oxygen atoms in total. The Kier molecular flexibility index (Phi) is 4.78. The molecule has 1 heterocycles. The lowest BCUT2D eigenvalue weighted by atomic mass is 10.0. The SMILES string of the molecule is Cc1cc2oc(=O)cc(COC(=O)c3ccccc3C(F)(F)F)c2cc1C. The Morgan fingerprint density at radius 1 is 1.07 bits per heavy atom. The zero-order valence-corrected chi connectivity index (χ0v) is 14.5. The third kappa shape index (κ3) is 3.86. The van der Waals surface area contributed by atoms with Crippen LogP contribution in [0.4, 0.5) is 13.2 Å². The Balaban J connectivity index is 1.93. The van der Waals surface area contributed by atoms with E-state index in [0.29, 0.717) is 16.5 Å². The summed E-state index contributed by atoms with van der Waals surface area (Å²) in [4.78, 5) is 23.9. The summed E-state index contributed by atoms with van der Waals surface area (Å²) in [5.74, 6) is -1.12. The van der Waals surface area contributed by atoms with E-state index in [1.54, 1.807) is 12.1 Å². The molecule has 1 aromatic heterocycles. The van der Waals surface area contributed by atoms with Crippen LogP contribution in [0.3, 0.4) is 0 Å². The number of halogens is 3. The molecule has 2 aromatic carbocycles. The van der Waals surface area contributed by atoms with Crippen molar-refractivity contribution in [1.29, 1.82) is 0 Å². The van der Waals surface area contributed by atoms with Crippen molar-refractivity contribution < 1.29 is 27.1 Å². The summed E-state index contributed by atoms with van der Waals surface area (Å²) in [6, 6.07) is 9.02. The average Bonchev–Trinajstić information content (AvgIpc) is 2.60. The number of ether oxygens (including phenoxy) is 1. The van der Waals surface area contributed by atoms with Crippen molar-refractivity contribution in [3.63, 3.8) is 0 Å². The highest BCUT2D eigenvalue weighted by Gasteiger charge is 2.35. The van der Waals surface area contributed by atoms with Gasteiger partial charge in [-0.3, -0.25) is 0 Å². The number of aryl methyl sites for hydroxylation is 2. The number of hydrogen-bond acceptors (Lipinski definition) is 4. The third-order valence-corrected chi connectivity index (χ3v) is 4.26. The van der Waals surface area contributed by atoms with E-state index < -0.39 is 28.9 Å². The van der Waals surface area contributed by atoms with Gasteiger partial charge in [0.1, 0.15) is 12.2 Å². The Morgan fingerprint density at radius 2 is 1.74 bits per heavy atom. The average molecular weight is 376 g/mol. The second-order valence-electron chi connectivity index (χ2n) is 6.14. The fourth-order valence-corrected chi connectivity index (χ4v) is 2.73. The second kappa shape index (κ2) is 6.90. The number of alkyl halides is 3. The van der Waals surface area contributed by atoms with Crippen molar-refractivity contribution in [2.45, 2.75) is 26.6 Å². The topological polar surface area (TPSA) is 56.5 Å². The number of carbonyl (C=O) groups is 1. The zero-order chi connectivity index (χ0) is 19.8. The Labute approximate surface area is 152 Å². The molecule has 0 saturated heterocycles. The number of hydrogen-bond donors (Lipinski definition) is 0. The summed E-state index contributed by atoms with van der Waals surface area (Å²) >= 11 is 0. The second-order valence-corrected chi connectivity index (χ2v) is 6.14. The number of rotatable bonds is 3. The van der Waals surface area contributed by atoms with E-state index in [4.69, 9.17) is 9.15 Å². The fourth-order valence-electron chi connectivity index (χ4n) is 2.73. The lowest BCUT2D eigenvalue weighted by Gasteiger charge is -2.13. The van der Waals surface area contributed by atoms with Gasteiger partial charge in [-0.1, -0.05) is 12.1 Å². The van der Waals surface area contributed by atoms with E-state index >= 15 is 0 Å². The predicted octanol–water partition coefficient (Wildman–Crippen LogP) is 4.79. The van der Waals surface area contributed by atoms with Crippen LogP contribution in [0.1, 0.15) is 32.6 Å². The van der Waals surface area contributed by atoms with Crippen LogP contribution in [0.5, 0.6) is 0 Å². The van der Waals surface area contributed by atoms with Crippen LogP contribution in [0.15, 0.2) is 51.7 Å². The van der Waals surface area contributed by atoms with Crippen LogP contribution in [0, 0.1) is 13.8 Å². The van der Waals surface area contributed by atoms with Gasteiger partial charge < -0.3 is 9.15 Å². The third-order valence-electron chi connectivity index (χ3n) is 4.26. The minimum atomic E-state index is -4.68. The van der Waals surface area contributed by atoms with Gasteiger partial charge in [-0.15, -0.1) is 0 Å². The number of benzene rings is 2. The molecule has 140 valence electrons. The van der Waals surface area contributed by atoms with Gasteiger partial charge in [0.2, 0.25) is 0 Å². The van der Waals surface area contributed by atoms with Crippen molar-refractivity contribution in [3.8, 4) is 0 Å². The van der Waals surface area contributed by atoms with Crippen LogP contribution >= 0.6 is 0 Å². The lowest BCUT2D eigenvalue weighted by molar-refractivity contribution is -0.138. The quantitative estimate of drug-likeness (QED) is 0.487. The summed E-state index contributed by atoms with van der Waals surface area (Å²) in [7, 11) is 0. The normalized spacial score (nSPS) is 11.6. The molecule has 0 aliphatic heterocycles. The molecule has 0 saturated carbocycles. The van der Waals surface area contributed by atoms with Gasteiger partial charge >= 0.3 is 17.8 Å². The maximum Gasteiger partial charge on any atom is 0.417 e. The maximum atomic E-state index is 13.1. The molecule has 0 atom stereocenters. The first-order valence-electron chi connectivity index (χ1n) is 8.04. The van der Waals surface area contributed by atoms with Crippen LogP contribution in [-0.2, 0) is 17.5 Å². The van der Waals surface area contributed by atoms with Gasteiger partial charge in [0.25, 0.3) is 0 Å². The van der Waals surface area contributed by atoms with Crippen LogP contribution in [-0.4, -0.2) is 5.97 Å². The largest absolute Gasteiger partial charge is 0.457 e. The number of fused-ring (bicyclic) bond motifs is 1. The molecule has 0 aliphatic carbocycles. The Bertz CT molecular complexity index is 1080. The first-order valence-corrected chi connectivity index (χ1v) is 8.04. The van der Waals surface area contributed by atoms with E-state index in [1.165, 1.54) is 18.2 Å². The summed E-state index contributed by atoms with van der Waals surface area (Å²) in [5, 5.41) is 0.564. The van der Waals surface area contributed by atoms with Gasteiger partial charge in [-0.05, 0) is 49.2 Å². The minimum absolute atomic E-state index is 0.326. The molecule has 7 heteroatoms. The van der Waals surface area contributed by atoms with Gasteiger partial charge in [0.05, 0.1) is 11.1 Å². The molecule has 3 aromatic rings. The molecule has 0 bridgehead atoms. The highest BCUT2D eigenvalue weighted by molar-refractivity contribution is 5.91. The van der Waals surface area contributed by atoms with Crippen molar-refractivity contribution in [2.24, 2.45) is 0 Å². The first kappa shape index (κ1) is 18.7. The number of carbonyl (C=O) groups excluding carboxylic acids is 1. The molecule has 0 unspecified atom stereocenters. The molecule has 3 rings (SSSR count). The molecule has 0 radical (unpaired) electrons. The molecule has 0 amide bonds. The molecule has 0 spiro atoms. The van der Waals surface area contributed by atoms with E-state index in [9.17, 15) is 22.8 Å². The number of esters is 1. The summed E-state index contributed by atoms with van der Waals surface area (Å²) in [6.45, 7) is 3.38. The van der Waals surface area contributed by atoms with E-state index in [0.717, 1.165) is 23.3 Å². The van der Waals surface area contributed by atoms with E-state index in [2.05, 4.69) is 0 Å². The van der Waals surface area contributed by atoms with Gasteiger partial charge in [-0.25, -0.2) is 9.59 Å². The first-order chi connectivity index (χ1) is 12.7. The van der Waals surface area contributed by atoms with Gasteiger partial charge in [0, 0.05) is 17.0 Å². The molecule has 0 fully saturated rings. The van der Waals surface area contributed by atoms with Crippen molar-refractivity contribution in [2.75, 3.05) is 0 Å². The Morgan fingerprint density at radius 3 is 2.44 bits per heavy atom. The zero-order valence-electron chi connectivity index (χ0n) is 14.5. The molecule has 0 aliphatic rings. The standard InChI is InChI=1S/C20H15F3O4/c1-11-7-15-13(9-18(24)27-17(15)8-12(11)2)10-26-19(25)14-5-3-4-6-16(14)20(21,22)23/h3-9H,10H2,1-2H3. The maximum absolute atomic E-state index is 13.1. The van der Waals surface area contributed by atoms with Crippen molar-refractivity contribution >= 4 is 16.9 Å². The van der Waals surface area contributed by atoms with Crippen LogP contribution in [0.2, 0.25) is 0 Å². The molecular formula is C20H15F3O4. The molecule has 0 N–H and O–H groups in total. The fraction of sp³-hybridized carbons (Fsp3) is 0.200. The summed E-state index contributed by atoms with van der Waals surface area (Å²) < 4.78 is 49.4. The van der Waals surface area contributed by atoms with Gasteiger partial charge in [0.15, 0.2) is 0 Å². The smallest absolute Gasteiger partial charge is 0.417 e. The minimum Gasteiger partial charge on any atom is -0.457 e. The highest BCUT2D eigenvalue weighted by Crippen LogP contribution is 2.32. The van der Waals surface area contributed by atoms with Crippen LogP contribution in [0.25, 0.3) is 11.0 Å². The monoisotopic (exact) mass is 376 g/mol. The summed E-state index contributed by atoms with van der Waals surface area (Å²) in [6.07, 6.45) is -4.68. The Hall–Kier alpha value is -3.09. The van der Waals surface area contributed by atoms with Crippen molar-refractivity contribution in [3.05, 3.63) is 80.7 Å².